The maximum atomic E-state index is 4.22. The predicted octanol–water partition coefficient (Wildman–Crippen LogP) is 7.99. The van der Waals surface area contributed by atoms with Crippen LogP contribution in [0.2, 0.25) is 0 Å². The number of fused-ring (bicyclic) bond motifs is 1. The molecule has 0 aliphatic carbocycles. The van der Waals surface area contributed by atoms with E-state index in [1.807, 2.05) is 39.8 Å². The standard InChI is InChI=1S/C20H20.2C2H6/c1-6-9-14(3)16(5)20-13-18-11-8-10-15(4)19(18)12-17(20)7-2;2*1-2/h6-13H,1-2,5H2,3-4H3;2*1-2H3/b14-9+;;. The highest BCUT2D eigenvalue weighted by molar-refractivity contribution is 5.94. The van der Waals surface area contributed by atoms with Crippen LogP contribution in [0.1, 0.15) is 51.3 Å². The van der Waals surface area contributed by atoms with Gasteiger partial charge in [-0.1, -0.05) is 83.9 Å². The zero-order valence-corrected chi connectivity index (χ0v) is 16.2. The number of hydrogen-bond acceptors (Lipinski definition) is 0. The molecule has 0 amide bonds. The fourth-order valence-electron chi connectivity index (χ4n) is 2.42. The van der Waals surface area contributed by atoms with Gasteiger partial charge in [-0.15, -0.1) is 0 Å². The number of hydrogen-bond donors (Lipinski definition) is 0. The molecule has 0 nitrogen and oxygen atoms in total. The smallest absolute Gasteiger partial charge is 0.0109 e. The van der Waals surface area contributed by atoms with Gasteiger partial charge in [0.15, 0.2) is 0 Å². The second-order valence-electron chi connectivity index (χ2n) is 5.00. The molecule has 0 radical (unpaired) electrons. The quantitative estimate of drug-likeness (QED) is 0.501. The van der Waals surface area contributed by atoms with Crippen LogP contribution in [0.3, 0.4) is 0 Å². The van der Waals surface area contributed by atoms with E-state index in [9.17, 15) is 0 Å². The van der Waals surface area contributed by atoms with Crippen LogP contribution in [0.4, 0.5) is 0 Å². The summed E-state index contributed by atoms with van der Waals surface area (Å²) in [6, 6.07) is 10.7. The Morgan fingerprint density at radius 3 is 2.17 bits per heavy atom. The van der Waals surface area contributed by atoms with Crippen LogP contribution in [0.5, 0.6) is 0 Å². The highest BCUT2D eigenvalue weighted by Crippen LogP contribution is 2.30. The summed E-state index contributed by atoms with van der Waals surface area (Å²) >= 11 is 0. The van der Waals surface area contributed by atoms with Crippen molar-refractivity contribution in [3.05, 3.63) is 84.5 Å². The monoisotopic (exact) mass is 320 g/mol. The van der Waals surface area contributed by atoms with Crippen LogP contribution >= 0.6 is 0 Å². The molecular formula is C24H32. The van der Waals surface area contributed by atoms with E-state index in [0.29, 0.717) is 0 Å². The molecule has 0 fully saturated rings. The van der Waals surface area contributed by atoms with Crippen LogP contribution in [-0.2, 0) is 0 Å². The minimum absolute atomic E-state index is 1.02. The van der Waals surface area contributed by atoms with Crippen molar-refractivity contribution in [2.75, 3.05) is 0 Å². The summed E-state index contributed by atoms with van der Waals surface area (Å²) in [6.07, 6.45) is 5.67. The van der Waals surface area contributed by atoms with Crippen LogP contribution < -0.4 is 0 Å². The van der Waals surface area contributed by atoms with Gasteiger partial charge in [-0.2, -0.15) is 0 Å². The van der Waals surface area contributed by atoms with Crippen LogP contribution in [0.25, 0.3) is 22.4 Å². The van der Waals surface area contributed by atoms with Crippen molar-refractivity contribution in [1.29, 1.82) is 0 Å². The van der Waals surface area contributed by atoms with Crippen molar-refractivity contribution in [3.8, 4) is 0 Å². The molecule has 0 N–H and O–H groups in total. The van der Waals surface area contributed by atoms with E-state index < -0.39 is 0 Å². The molecule has 24 heavy (non-hydrogen) atoms. The Balaban J connectivity index is 0.00000123. The molecular weight excluding hydrogens is 288 g/mol. The molecule has 0 atom stereocenters. The second kappa shape index (κ2) is 11.2. The molecule has 2 aromatic rings. The van der Waals surface area contributed by atoms with Gasteiger partial charge in [0.25, 0.3) is 0 Å². The molecule has 0 aromatic heterocycles. The van der Waals surface area contributed by atoms with E-state index in [2.05, 4.69) is 63.9 Å². The molecule has 0 heteroatoms. The van der Waals surface area contributed by atoms with Gasteiger partial charge in [-0.25, -0.2) is 0 Å². The van der Waals surface area contributed by atoms with Gasteiger partial charge in [-0.05, 0) is 64.6 Å². The van der Waals surface area contributed by atoms with Gasteiger partial charge in [0, 0.05) is 0 Å². The van der Waals surface area contributed by atoms with Crippen LogP contribution in [0.15, 0.2) is 67.8 Å². The molecule has 0 aliphatic heterocycles. The molecule has 2 aromatic carbocycles. The maximum Gasteiger partial charge on any atom is -0.0109 e. The predicted molar refractivity (Wildman–Crippen MR) is 114 cm³/mol. The van der Waals surface area contributed by atoms with Crippen molar-refractivity contribution in [3.63, 3.8) is 0 Å². The van der Waals surface area contributed by atoms with E-state index in [4.69, 9.17) is 0 Å². The first-order valence-electron chi connectivity index (χ1n) is 8.73. The molecule has 128 valence electrons. The molecule has 0 saturated carbocycles. The van der Waals surface area contributed by atoms with E-state index in [-0.39, 0.29) is 0 Å². The Bertz CT molecular complexity index is 727. The third-order valence-electron chi connectivity index (χ3n) is 3.66. The zero-order valence-electron chi connectivity index (χ0n) is 16.2. The van der Waals surface area contributed by atoms with Gasteiger partial charge in [-0.3, -0.25) is 0 Å². The normalized spacial score (nSPS) is 10.0. The maximum absolute atomic E-state index is 4.22. The first kappa shape index (κ1) is 21.7. The van der Waals surface area contributed by atoms with Gasteiger partial charge < -0.3 is 0 Å². The molecule has 0 aliphatic rings. The van der Waals surface area contributed by atoms with Crippen molar-refractivity contribution in [2.24, 2.45) is 0 Å². The van der Waals surface area contributed by atoms with E-state index in [0.717, 1.165) is 22.3 Å². The average molecular weight is 321 g/mol. The fraction of sp³-hybridized carbons (Fsp3) is 0.250. The van der Waals surface area contributed by atoms with Gasteiger partial charge in [0.1, 0.15) is 0 Å². The minimum Gasteiger partial charge on any atom is -0.0991 e. The highest BCUT2D eigenvalue weighted by Gasteiger charge is 2.08. The highest BCUT2D eigenvalue weighted by atomic mass is 14.1. The Morgan fingerprint density at radius 1 is 1.00 bits per heavy atom. The number of aryl methyl sites for hydroxylation is 1. The summed E-state index contributed by atoms with van der Waals surface area (Å²) < 4.78 is 0. The summed E-state index contributed by atoms with van der Waals surface area (Å²) in [6.45, 7) is 24.1. The van der Waals surface area contributed by atoms with Crippen LogP contribution in [-0.4, -0.2) is 0 Å². The van der Waals surface area contributed by atoms with Crippen molar-refractivity contribution in [2.45, 2.75) is 41.5 Å². The third kappa shape index (κ3) is 5.09. The fourth-order valence-corrected chi connectivity index (χ4v) is 2.42. The number of allylic oxidation sites excluding steroid dienone is 4. The Labute approximate surface area is 148 Å². The lowest BCUT2D eigenvalue weighted by atomic mass is 9.91. The average Bonchev–Trinajstić information content (AvgIpc) is 2.64. The minimum atomic E-state index is 1.02. The van der Waals surface area contributed by atoms with Gasteiger partial charge in [0.2, 0.25) is 0 Å². The number of benzene rings is 2. The van der Waals surface area contributed by atoms with Crippen LogP contribution in [0, 0.1) is 6.92 Å². The first-order valence-corrected chi connectivity index (χ1v) is 8.73. The van der Waals surface area contributed by atoms with Crippen molar-refractivity contribution >= 4 is 22.4 Å². The summed E-state index contributed by atoms with van der Waals surface area (Å²) in [5.41, 5.74) is 5.67. The lowest BCUT2D eigenvalue weighted by Gasteiger charge is -2.13. The molecule has 0 heterocycles. The lowest BCUT2D eigenvalue weighted by Crippen LogP contribution is -1.91. The van der Waals surface area contributed by atoms with Gasteiger partial charge >= 0.3 is 0 Å². The molecule has 0 unspecified atom stereocenters. The molecule has 0 spiro atoms. The van der Waals surface area contributed by atoms with E-state index >= 15 is 0 Å². The number of rotatable bonds is 4. The Morgan fingerprint density at radius 2 is 1.62 bits per heavy atom. The Hall–Kier alpha value is -2.34. The topological polar surface area (TPSA) is 0 Å². The van der Waals surface area contributed by atoms with E-state index in [1.165, 1.54) is 16.3 Å². The summed E-state index contributed by atoms with van der Waals surface area (Å²) in [7, 11) is 0. The van der Waals surface area contributed by atoms with Crippen molar-refractivity contribution < 1.29 is 0 Å². The second-order valence-corrected chi connectivity index (χ2v) is 5.00. The molecule has 2 rings (SSSR count). The third-order valence-corrected chi connectivity index (χ3v) is 3.66. The first-order chi connectivity index (χ1) is 11.6. The zero-order chi connectivity index (χ0) is 18.7. The molecule has 0 saturated heterocycles. The largest absolute Gasteiger partial charge is 0.0991 e. The van der Waals surface area contributed by atoms with Gasteiger partial charge in [0.05, 0.1) is 0 Å². The summed E-state index contributed by atoms with van der Waals surface area (Å²) in [5, 5.41) is 2.50. The lowest BCUT2D eigenvalue weighted by molar-refractivity contribution is 1.48. The summed E-state index contributed by atoms with van der Waals surface area (Å²) in [5.74, 6) is 0. The SMILES string of the molecule is C=C/C=C(\C)C(=C)c1cc2cccc(C)c2cc1C=C.CC.CC. The van der Waals surface area contributed by atoms with Crippen molar-refractivity contribution in [1.82, 2.24) is 0 Å². The molecule has 0 bridgehead atoms. The summed E-state index contributed by atoms with van der Waals surface area (Å²) in [4.78, 5) is 0. The Kier molecular flexibility index (Phi) is 10.1. The van der Waals surface area contributed by atoms with E-state index in [1.54, 1.807) is 6.08 Å².